The van der Waals surface area contributed by atoms with Gasteiger partial charge in [-0.05, 0) is 37.5 Å². The number of carbonyl (C=O) groups is 2. The van der Waals surface area contributed by atoms with Gasteiger partial charge >= 0.3 is 0 Å². The highest BCUT2D eigenvalue weighted by Crippen LogP contribution is 2.16. The molecule has 0 saturated heterocycles. The van der Waals surface area contributed by atoms with Gasteiger partial charge < -0.3 is 10.1 Å². The molecule has 0 spiro atoms. The Bertz CT molecular complexity index is 737. The van der Waals surface area contributed by atoms with Gasteiger partial charge in [0.25, 0.3) is 0 Å². The van der Waals surface area contributed by atoms with Gasteiger partial charge in [-0.2, -0.15) is 5.10 Å². The highest BCUT2D eigenvalue weighted by atomic mass is 35.5. The van der Waals surface area contributed by atoms with Crippen molar-refractivity contribution >= 4 is 35.2 Å². The highest BCUT2D eigenvalue weighted by Gasteiger charge is 2.03. The average molecular weight is 346 g/mol. The number of rotatable bonds is 8. The minimum absolute atomic E-state index is 0.203. The first-order valence-electron chi connectivity index (χ1n) is 7.81. The third-order valence-corrected chi connectivity index (χ3v) is 3.72. The number of aryl methyl sites for hydroxylation is 1. The van der Waals surface area contributed by atoms with Gasteiger partial charge in [0.1, 0.15) is 5.78 Å². The summed E-state index contributed by atoms with van der Waals surface area (Å²) in [5, 5.41) is 7.58. The van der Waals surface area contributed by atoms with Gasteiger partial charge in [0.2, 0.25) is 5.91 Å². The standard InChI is InChI=1S/C18H20ClN3O2/c1-14(23)6-4-5-12-22-13-11-17(21-22)20-18(24)10-9-15-7-2-3-8-16(15)19/h2-3,7-11,13H,4-6,12H2,1H3,(H,20,21,24). The van der Waals surface area contributed by atoms with Crippen LogP contribution in [0, 0.1) is 0 Å². The molecule has 126 valence electrons. The average Bonchev–Trinajstić information content (AvgIpc) is 2.98. The number of ketones is 1. The molecule has 0 fully saturated rings. The Morgan fingerprint density at radius 3 is 2.79 bits per heavy atom. The number of hydrogen-bond acceptors (Lipinski definition) is 3. The number of benzene rings is 1. The summed E-state index contributed by atoms with van der Waals surface area (Å²) in [7, 11) is 0. The number of carbonyl (C=O) groups excluding carboxylic acids is 2. The molecule has 0 saturated carbocycles. The molecule has 0 aliphatic heterocycles. The summed E-state index contributed by atoms with van der Waals surface area (Å²) in [6, 6.07) is 9.04. The smallest absolute Gasteiger partial charge is 0.249 e. The summed E-state index contributed by atoms with van der Waals surface area (Å²) < 4.78 is 1.76. The Morgan fingerprint density at radius 2 is 2.04 bits per heavy atom. The van der Waals surface area contributed by atoms with Crippen LogP contribution in [-0.2, 0) is 16.1 Å². The molecule has 1 amide bonds. The lowest BCUT2D eigenvalue weighted by molar-refractivity contribution is -0.117. The van der Waals surface area contributed by atoms with Gasteiger partial charge in [-0.1, -0.05) is 29.8 Å². The second-order valence-electron chi connectivity index (χ2n) is 5.47. The van der Waals surface area contributed by atoms with E-state index >= 15 is 0 Å². The van der Waals surface area contributed by atoms with Crippen LogP contribution in [0.1, 0.15) is 31.7 Å². The lowest BCUT2D eigenvalue weighted by Crippen LogP contribution is -2.09. The zero-order valence-electron chi connectivity index (χ0n) is 13.5. The van der Waals surface area contributed by atoms with E-state index in [1.807, 2.05) is 18.2 Å². The zero-order valence-corrected chi connectivity index (χ0v) is 14.3. The maximum absolute atomic E-state index is 11.9. The van der Waals surface area contributed by atoms with Crippen LogP contribution in [0.5, 0.6) is 0 Å². The second-order valence-corrected chi connectivity index (χ2v) is 5.87. The van der Waals surface area contributed by atoms with Crippen LogP contribution in [0.3, 0.4) is 0 Å². The third-order valence-electron chi connectivity index (χ3n) is 3.38. The molecule has 0 aliphatic carbocycles. The summed E-state index contributed by atoms with van der Waals surface area (Å²) in [6.45, 7) is 2.32. The largest absolute Gasteiger partial charge is 0.306 e. The first kappa shape index (κ1) is 17.9. The molecule has 0 aliphatic rings. The summed E-state index contributed by atoms with van der Waals surface area (Å²) in [4.78, 5) is 22.8. The third kappa shape index (κ3) is 6.01. The first-order valence-corrected chi connectivity index (χ1v) is 8.19. The highest BCUT2D eigenvalue weighted by molar-refractivity contribution is 6.32. The fourth-order valence-electron chi connectivity index (χ4n) is 2.14. The summed E-state index contributed by atoms with van der Waals surface area (Å²) in [5.41, 5.74) is 0.783. The number of unbranched alkanes of at least 4 members (excludes halogenated alkanes) is 1. The van der Waals surface area contributed by atoms with Crippen LogP contribution in [0.25, 0.3) is 6.08 Å². The van der Waals surface area contributed by atoms with Crippen molar-refractivity contribution < 1.29 is 9.59 Å². The molecular formula is C18H20ClN3O2. The van der Waals surface area contributed by atoms with Gasteiger partial charge in [-0.25, -0.2) is 0 Å². The quantitative estimate of drug-likeness (QED) is 0.582. The van der Waals surface area contributed by atoms with E-state index in [0.29, 0.717) is 17.3 Å². The molecule has 1 heterocycles. The minimum Gasteiger partial charge on any atom is -0.306 e. The molecule has 6 heteroatoms. The minimum atomic E-state index is -0.267. The fraction of sp³-hybridized carbons (Fsp3) is 0.278. The number of hydrogen-bond donors (Lipinski definition) is 1. The Morgan fingerprint density at radius 1 is 1.25 bits per heavy atom. The van der Waals surface area contributed by atoms with Crippen molar-refractivity contribution in [1.82, 2.24) is 9.78 Å². The molecule has 0 radical (unpaired) electrons. The fourth-order valence-corrected chi connectivity index (χ4v) is 2.34. The maximum Gasteiger partial charge on any atom is 0.249 e. The van der Waals surface area contributed by atoms with Gasteiger partial charge in [-0.3, -0.25) is 9.48 Å². The Labute approximate surface area is 146 Å². The van der Waals surface area contributed by atoms with E-state index in [2.05, 4.69) is 10.4 Å². The van der Waals surface area contributed by atoms with Gasteiger partial charge in [0, 0.05) is 36.3 Å². The Balaban J connectivity index is 1.82. The summed E-state index contributed by atoms with van der Waals surface area (Å²) in [5.74, 6) is 0.431. The van der Waals surface area contributed by atoms with Crippen LogP contribution in [-0.4, -0.2) is 21.5 Å². The molecule has 0 unspecified atom stereocenters. The topological polar surface area (TPSA) is 64.0 Å². The number of amides is 1. The van der Waals surface area contributed by atoms with E-state index in [-0.39, 0.29) is 11.7 Å². The van der Waals surface area contributed by atoms with E-state index in [1.165, 1.54) is 6.08 Å². The van der Waals surface area contributed by atoms with Crippen LogP contribution in [0.4, 0.5) is 5.82 Å². The number of nitrogens with zero attached hydrogens (tertiary/aromatic N) is 2. The number of Topliss-reactive ketones (excluding diaryl/α,β-unsaturated/α-hetero) is 1. The Kier molecular flexibility index (Phi) is 6.75. The van der Waals surface area contributed by atoms with E-state index < -0.39 is 0 Å². The van der Waals surface area contributed by atoms with Crippen molar-refractivity contribution in [1.29, 1.82) is 0 Å². The van der Waals surface area contributed by atoms with E-state index in [1.54, 1.807) is 36.0 Å². The van der Waals surface area contributed by atoms with Crippen molar-refractivity contribution in [2.45, 2.75) is 32.7 Å². The van der Waals surface area contributed by atoms with Gasteiger partial charge in [0.15, 0.2) is 5.82 Å². The van der Waals surface area contributed by atoms with Crippen molar-refractivity contribution in [2.24, 2.45) is 0 Å². The molecule has 0 bridgehead atoms. The molecule has 1 aromatic heterocycles. The zero-order chi connectivity index (χ0) is 17.4. The molecule has 5 nitrogen and oxygen atoms in total. The summed E-state index contributed by atoms with van der Waals surface area (Å²) in [6.07, 6.45) is 7.21. The molecule has 1 N–H and O–H groups in total. The van der Waals surface area contributed by atoms with Crippen LogP contribution >= 0.6 is 11.6 Å². The number of anilines is 1. The maximum atomic E-state index is 11.9. The molecule has 0 atom stereocenters. The van der Waals surface area contributed by atoms with Crippen LogP contribution in [0.2, 0.25) is 5.02 Å². The van der Waals surface area contributed by atoms with E-state index in [4.69, 9.17) is 11.6 Å². The first-order chi connectivity index (χ1) is 11.5. The predicted molar refractivity (Wildman–Crippen MR) is 95.9 cm³/mol. The lowest BCUT2D eigenvalue weighted by atomic mass is 10.2. The number of halogens is 1. The van der Waals surface area contributed by atoms with Crippen LogP contribution < -0.4 is 5.32 Å². The molecule has 24 heavy (non-hydrogen) atoms. The number of aromatic nitrogens is 2. The monoisotopic (exact) mass is 345 g/mol. The van der Waals surface area contributed by atoms with Crippen molar-refractivity contribution in [2.75, 3.05) is 5.32 Å². The van der Waals surface area contributed by atoms with E-state index in [0.717, 1.165) is 24.9 Å². The second kappa shape index (κ2) is 9.03. The lowest BCUT2D eigenvalue weighted by Gasteiger charge is -2.01. The summed E-state index contributed by atoms with van der Waals surface area (Å²) >= 11 is 6.03. The number of nitrogens with one attached hydrogen (secondary N) is 1. The normalized spacial score (nSPS) is 10.9. The van der Waals surface area contributed by atoms with Crippen molar-refractivity contribution in [3.05, 3.63) is 53.2 Å². The molecule has 2 rings (SSSR count). The predicted octanol–water partition coefficient (Wildman–Crippen LogP) is 3.95. The Hall–Kier alpha value is -2.40. The van der Waals surface area contributed by atoms with E-state index in [9.17, 15) is 9.59 Å². The van der Waals surface area contributed by atoms with Crippen LogP contribution in [0.15, 0.2) is 42.6 Å². The van der Waals surface area contributed by atoms with Gasteiger partial charge in [-0.15, -0.1) is 0 Å². The molecule has 2 aromatic rings. The molecule has 1 aromatic carbocycles. The SMILES string of the molecule is CC(=O)CCCCn1ccc(NC(=O)C=Cc2ccccc2Cl)n1. The van der Waals surface area contributed by atoms with Gasteiger partial charge in [0.05, 0.1) is 0 Å². The van der Waals surface area contributed by atoms with Crippen molar-refractivity contribution in [3.63, 3.8) is 0 Å². The van der Waals surface area contributed by atoms with Crippen molar-refractivity contribution in [3.8, 4) is 0 Å². The molecular weight excluding hydrogens is 326 g/mol.